The summed E-state index contributed by atoms with van der Waals surface area (Å²) in [6.45, 7) is 5.46. The monoisotopic (exact) mass is 389 g/mol. The molecule has 2 aromatic carbocycles. The SMILES string of the molecule is Cc1ccccc1NC(=O)C(NC(=O)c1ccc(Cl)c([N+](=O)[O-])c1)C(C)C. The molecule has 0 aliphatic carbocycles. The van der Waals surface area contributed by atoms with Crippen molar-refractivity contribution in [2.24, 2.45) is 5.92 Å². The zero-order chi connectivity index (χ0) is 20.1. The summed E-state index contributed by atoms with van der Waals surface area (Å²) in [7, 11) is 0. The van der Waals surface area contributed by atoms with Crippen molar-refractivity contribution in [3.8, 4) is 0 Å². The average molecular weight is 390 g/mol. The number of benzene rings is 2. The molecule has 0 heterocycles. The van der Waals surface area contributed by atoms with Gasteiger partial charge in [0.15, 0.2) is 0 Å². The summed E-state index contributed by atoms with van der Waals surface area (Å²) in [5.41, 5.74) is 1.24. The van der Waals surface area contributed by atoms with Gasteiger partial charge < -0.3 is 10.6 Å². The highest BCUT2D eigenvalue weighted by Gasteiger charge is 2.26. The van der Waals surface area contributed by atoms with Crippen LogP contribution in [0.25, 0.3) is 0 Å². The average Bonchev–Trinajstić information content (AvgIpc) is 2.61. The Hall–Kier alpha value is -2.93. The van der Waals surface area contributed by atoms with Gasteiger partial charge in [0.25, 0.3) is 11.6 Å². The maximum Gasteiger partial charge on any atom is 0.288 e. The van der Waals surface area contributed by atoms with E-state index >= 15 is 0 Å². The fourth-order valence-electron chi connectivity index (χ4n) is 2.48. The number of anilines is 1. The maximum absolute atomic E-state index is 12.6. The van der Waals surface area contributed by atoms with Crippen LogP contribution in [0.3, 0.4) is 0 Å². The normalized spacial score (nSPS) is 11.7. The van der Waals surface area contributed by atoms with E-state index in [2.05, 4.69) is 10.6 Å². The summed E-state index contributed by atoms with van der Waals surface area (Å²) >= 11 is 5.77. The molecule has 0 saturated heterocycles. The Morgan fingerprint density at radius 1 is 1.15 bits per heavy atom. The zero-order valence-electron chi connectivity index (χ0n) is 15.2. The lowest BCUT2D eigenvalue weighted by molar-refractivity contribution is -0.384. The third-order valence-corrected chi connectivity index (χ3v) is 4.36. The van der Waals surface area contributed by atoms with E-state index in [1.807, 2.05) is 19.1 Å². The van der Waals surface area contributed by atoms with Gasteiger partial charge in [0.1, 0.15) is 11.1 Å². The predicted molar refractivity (Wildman–Crippen MR) is 104 cm³/mol. The molecule has 2 N–H and O–H groups in total. The molecule has 2 amide bonds. The Labute approximate surface area is 161 Å². The first kappa shape index (κ1) is 20.4. The molecule has 2 rings (SSSR count). The smallest absolute Gasteiger partial charge is 0.288 e. The Morgan fingerprint density at radius 3 is 2.41 bits per heavy atom. The van der Waals surface area contributed by atoms with Crippen LogP contribution in [0.4, 0.5) is 11.4 Å². The molecule has 2 aromatic rings. The maximum atomic E-state index is 12.6. The van der Waals surface area contributed by atoms with Crippen molar-refractivity contribution in [3.63, 3.8) is 0 Å². The highest BCUT2D eigenvalue weighted by atomic mass is 35.5. The molecule has 0 aliphatic rings. The number of halogens is 1. The molecule has 0 saturated carbocycles. The number of amides is 2. The van der Waals surface area contributed by atoms with Crippen LogP contribution in [0, 0.1) is 23.0 Å². The van der Waals surface area contributed by atoms with Gasteiger partial charge in [-0.1, -0.05) is 43.6 Å². The van der Waals surface area contributed by atoms with Crippen molar-refractivity contribution in [1.29, 1.82) is 0 Å². The Morgan fingerprint density at radius 2 is 1.81 bits per heavy atom. The van der Waals surface area contributed by atoms with Gasteiger partial charge in [-0.05, 0) is 36.6 Å². The molecule has 0 aromatic heterocycles. The number of nitrogens with zero attached hydrogens (tertiary/aromatic N) is 1. The van der Waals surface area contributed by atoms with E-state index in [9.17, 15) is 19.7 Å². The summed E-state index contributed by atoms with van der Waals surface area (Å²) in [4.78, 5) is 35.5. The molecule has 8 heteroatoms. The number of rotatable bonds is 6. The van der Waals surface area contributed by atoms with Crippen molar-refractivity contribution >= 4 is 34.8 Å². The van der Waals surface area contributed by atoms with Crippen LogP contribution in [0.15, 0.2) is 42.5 Å². The fraction of sp³-hybridized carbons (Fsp3) is 0.263. The second kappa shape index (κ2) is 8.64. The number of nitro benzene ring substituents is 1. The second-order valence-electron chi connectivity index (χ2n) is 6.42. The van der Waals surface area contributed by atoms with E-state index in [0.717, 1.165) is 11.6 Å². The van der Waals surface area contributed by atoms with Crippen LogP contribution >= 0.6 is 11.6 Å². The fourth-order valence-corrected chi connectivity index (χ4v) is 2.66. The van der Waals surface area contributed by atoms with E-state index in [1.165, 1.54) is 12.1 Å². The highest BCUT2D eigenvalue weighted by molar-refractivity contribution is 6.32. The molecular formula is C19H20ClN3O4. The largest absolute Gasteiger partial charge is 0.340 e. The molecule has 142 valence electrons. The van der Waals surface area contributed by atoms with Gasteiger partial charge in [0.05, 0.1) is 4.92 Å². The van der Waals surface area contributed by atoms with Crippen LogP contribution in [-0.4, -0.2) is 22.8 Å². The number of carbonyl (C=O) groups excluding carboxylic acids is 2. The number of para-hydroxylation sites is 1. The van der Waals surface area contributed by atoms with Crippen LogP contribution < -0.4 is 10.6 Å². The van der Waals surface area contributed by atoms with Crippen molar-refractivity contribution in [1.82, 2.24) is 5.32 Å². The third-order valence-electron chi connectivity index (χ3n) is 4.04. The van der Waals surface area contributed by atoms with Crippen molar-refractivity contribution in [2.45, 2.75) is 26.8 Å². The lowest BCUT2D eigenvalue weighted by Crippen LogP contribution is -2.47. The van der Waals surface area contributed by atoms with Gasteiger partial charge in [-0.3, -0.25) is 19.7 Å². The summed E-state index contributed by atoms with van der Waals surface area (Å²) in [5.74, 6) is -1.15. The molecule has 27 heavy (non-hydrogen) atoms. The Bertz CT molecular complexity index is 883. The van der Waals surface area contributed by atoms with E-state index in [-0.39, 0.29) is 28.1 Å². The molecule has 0 radical (unpaired) electrons. The van der Waals surface area contributed by atoms with E-state index in [1.54, 1.807) is 26.0 Å². The van der Waals surface area contributed by atoms with Crippen molar-refractivity contribution < 1.29 is 14.5 Å². The minimum absolute atomic E-state index is 0.0560. The highest BCUT2D eigenvalue weighted by Crippen LogP contribution is 2.25. The quantitative estimate of drug-likeness (QED) is 0.576. The standard InChI is InChI=1S/C19H20ClN3O4/c1-11(2)17(19(25)21-15-7-5-4-6-12(15)3)22-18(24)13-8-9-14(20)16(10-13)23(26)27/h4-11,17H,1-3H3,(H,21,25)(H,22,24). The summed E-state index contributed by atoms with van der Waals surface area (Å²) in [6.07, 6.45) is 0. The number of nitro groups is 1. The van der Waals surface area contributed by atoms with Crippen LogP contribution in [0.2, 0.25) is 5.02 Å². The number of hydrogen-bond acceptors (Lipinski definition) is 4. The van der Waals surface area contributed by atoms with Gasteiger partial charge in [-0.15, -0.1) is 0 Å². The van der Waals surface area contributed by atoms with Gasteiger partial charge >= 0.3 is 0 Å². The third kappa shape index (κ3) is 5.04. The van der Waals surface area contributed by atoms with E-state index < -0.39 is 16.9 Å². The van der Waals surface area contributed by atoms with Crippen LogP contribution in [0.5, 0.6) is 0 Å². The minimum atomic E-state index is -0.813. The van der Waals surface area contributed by atoms with Gasteiger partial charge in [-0.25, -0.2) is 0 Å². The minimum Gasteiger partial charge on any atom is -0.340 e. The first-order valence-corrected chi connectivity index (χ1v) is 8.69. The van der Waals surface area contributed by atoms with Crippen molar-refractivity contribution in [2.75, 3.05) is 5.32 Å². The van der Waals surface area contributed by atoms with Crippen LogP contribution in [0.1, 0.15) is 29.8 Å². The summed E-state index contributed by atoms with van der Waals surface area (Å²) in [6, 6.07) is 10.2. The number of hydrogen-bond donors (Lipinski definition) is 2. The van der Waals surface area contributed by atoms with Crippen molar-refractivity contribution in [3.05, 3.63) is 68.7 Å². The molecule has 7 nitrogen and oxygen atoms in total. The summed E-state index contributed by atoms with van der Waals surface area (Å²) < 4.78 is 0. The Balaban J connectivity index is 2.19. The lowest BCUT2D eigenvalue weighted by Gasteiger charge is -2.22. The molecule has 0 bridgehead atoms. The molecule has 0 aliphatic heterocycles. The number of carbonyl (C=O) groups is 2. The predicted octanol–water partition coefficient (Wildman–Crippen LogP) is 3.95. The molecule has 1 atom stereocenters. The molecule has 0 fully saturated rings. The van der Waals surface area contributed by atoms with E-state index in [4.69, 9.17) is 11.6 Å². The summed E-state index contributed by atoms with van der Waals surface area (Å²) in [5, 5.41) is 16.4. The zero-order valence-corrected chi connectivity index (χ0v) is 15.9. The second-order valence-corrected chi connectivity index (χ2v) is 6.83. The topological polar surface area (TPSA) is 101 Å². The van der Waals surface area contributed by atoms with E-state index in [0.29, 0.717) is 5.69 Å². The van der Waals surface area contributed by atoms with Gasteiger partial charge in [0, 0.05) is 17.3 Å². The number of aryl methyl sites for hydroxylation is 1. The first-order chi connectivity index (χ1) is 12.7. The van der Waals surface area contributed by atoms with Crippen LogP contribution in [-0.2, 0) is 4.79 Å². The first-order valence-electron chi connectivity index (χ1n) is 8.32. The lowest BCUT2D eigenvalue weighted by atomic mass is 10.0. The van der Waals surface area contributed by atoms with Gasteiger partial charge in [0.2, 0.25) is 5.91 Å². The Kier molecular flexibility index (Phi) is 6.52. The number of nitrogens with one attached hydrogen (secondary N) is 2. The molecule has 0 spiro atoms. The molecular weight excluding hydrogens is 370 g/mol. The van der Waals surface area contributed by atoms with Gasteiger partial charge in [-0.2, -0.15) is 0 Å². The molecule has 1 unspecified atom stereocenters.